The predicted molar refractivity (Wildman–Crippen MR) is 56.4 cm³/mol. The van der Waals surface area contributed by atoms with Gasteiger partial charge in [0.15, 0.2) is 0 Å². The molecule has 0 aliphatic carbocycles. The number of benzene rings is 1. The van der Waals surface area contributed by atoms with Gasteiger partial charge in [0.2, 0.25) is 0 Å². The van der Waals surface area contributed by atoms with Crippen molar-refractivity contribution in [3.8, 4) is 0 Å². The average molecular weight is 189 g/mol. The van der Waals surface area contributed by atoms with Crippen LogP contribution < -0.4 is 0 Å². The van der Waals surface area contributed by atoms with Crippen LogP contribution in [0.15, 0.2) is 35.3 Å². The molecule has 1 aliphatic rings. The van der Waals surface area contributed by atoms with Crippen LogP contribution in [0.2, 0.25) is 0 Å². The van der Waals surface area contributed by atoms with Crippen LogP contribution in [-0.4, -0.2) is 12.8 Å². The Morgan fingerprint density at radius 2 is 2.36 bits per heavy atom. The molecule has 1 nitrogen and oxygen atoms in total. The molecule has 1 heterocycles. The van der Waals surface area contributed by atoms with E-state index >= 15 is 0 Å². The molecule has 1 aliphatic heterocycles. The van der Waals surface area contributed by atoms with Crippen LogP contribution in [-0.2, 0) is 0 Å². The normalized spacial score (nSPS) is 19.1. The van der Waals surface area contributed by atoms with Gasteiger partial charge in [-0.3, -0.25) is 4.99 Å². The molecule has 2 heteroatoms. The van der Waals surface area contributed by atoms with Gasteiger partial charge in [-0.2, -0.15) is 0 Å². The van der Waals surface area contributed by atoms with Gasteiger partial charge in [-0.15, -0.1) is 0 Å². The number of hydrogen-bond acceptors (Lipinski definition) is 1. The minimum absolute atomic E-state index is 0.211. The van der Waals surface area contributed by atoms with Crippen LogP contribution in [0.3, 0.4) is 0 Å². The first-order valence-corrected chi connectivity index (χ1v) is 4.63. The third-order valence-electron chi connectivity index (χ3n) is 2.54. The quantitative estimate of drug-likeness (QED) is 0.602. The van der Waals surface area contributed by atoms with Gasteiger partial charge < -0.3 is 0 Å². The van der Waals surface area contributed by atoms with Gasteiger partial charge in [0.05, 0.1) is 0 Å². The lowest BCUT2D eigenvalue weighted by molar-refractivity contribution is 0.625. The number of fused-ring (bicyclic) bond motifs is 1. The Hall–Kier alpha value is -1.44. The van der Waals surface area contributed by atoms with E-state index in [1.165, 1.54) is 12.1 Å². The fourth-order valence-corrected chi connectivity index (χ4v) is 1.75. The smallest absolute Gasteiger partial charge is 0.123 e. The van der Waals surface area contributed by atoms with Crippen LogP contribution in [0.1, 0.15) is 24.0 Å². The molecule has 2 rings (SSSR count). The zero-order valence-corrected chi connectivity index (χ0v) is 8.13. The molecular weight excluding hydrogens is 177 g/mol. The molecule has 14 heavy (non-hydrogen) atoms. The summed E-state index contributed by atoms with van der Waals surface area (Å²) in [6, 6.07) is 4.84. The number of rotatable bonds is 1. The van der Waals surface area contributed by atoms with Crippen molar-refractivity contribution in [3.63, 3.8) is 0 Å². The summed E-state index contributed by atoms with van der Waals surface area (Å²) in [6.45, 7) is 6.65. The summed E-state index contributed by atoms with van der Waals surface area (Å²) in [6.07, 6.45) is 1.73. The molecule has 0 fully saturated rings. The Morgan fingerprint density at radius 1 is 1.57 bits per heavy atom. The second-order valence-electron chi connectivity index (χ2n) is 3.67. The largest absolute Gasteiger partial charge is 0.292 e. The molecule has 1 unspecified atom stereocenters. The molecule has 0 spiro atoms. The maximum absolute atomic E-state index is 12.9. The molecule has 0 aromatic heterocycles. The summed E-state index contributed by atoms with van der Waals surface area (Å²) in [5, 5.41) is 0. The standard InChI is InChI=1S/C12H12FN/c1-8(2)12-7-14-6-9-5-10(13)3-4-11(9)12/h3-6,12H,1,7H2,2H3. The predicted octanol–water partition coefficient (Wildman–Crippen LogP) is 2.92. The van der Waals surface area contributed by atoms with E-state index < -0.39 is 0 Å². The highest BCUT2D eigenvalue weighted by Crippen LogP contribution is 2.28. The van der Waals surface area contributed by atoms with Crippen molar-refractivity contribution in [3.05, 3.63) is 47.3 Å². The van der Waals surface area contributed by atoms with Crippen molar-refractivity contribution in [1.29, 1.82) is 0 Å². The zero-order valence-electron chi connectivity index (χ0n) is 8.13. The molecule has 0 N–H and O–H groups in total. The lowest BCUT2D eigenvalue weighted by atomic mass is 9.88. The molecule has 0 amide bonds. The summed E-state index contributed by atoms with van der Waals surface area (Å²) < 4.78 is 12.9. The molecule has 1 aromatic carbocycles. The third kappa shape index (κ3) is 1.48. The van der Waals surface area contributed by atoms with Crippen LogP contribution in [0.5, 0.6) is 0 Å². The van der Waals surface area contributed by atoms with Crippen LogP contribution >= 0.6 is 0 Å². The van der Waals surface area contributed by atoms with E-state index in [1.807, 2.05) is 13.0 Å². The van der Waals surface area contributed by atoms with Gasteiger partial charge in [-0.05, 0) is 30.2 Å². The molecule has 72 valence electrons. The van der Waals surface area contributed by atoms with Crippen LogP contribution in [0.25, 0.3) is 0 Å². The minimum Gasteiger partial charge on any atom is -0.292 e. The number of nitrogens with zero attached hydrogens (tertiary/aromatic N) is 1. The molecule has 1 aromatic rings. The van der Waals surface area contributed by atoms with Gasteiger partial charge in [0.25, 0.3) is 0 Å². The van der Waals surface area contributed by atoms with E-state index in [-0.39, 0.29) is 11.7 Å². The maximum atomic E-state index is 12.9. The van der Waals surface area contributed by atoms with Crippen LogP contribution in [0, 0.1) is 5.82 Å². The molecule has 1 atom stereocenters. The molecule has 0 saturated carbocycles. The van der Waals surface area contributed by atoms with E-state index in [1.54, 1.807) is 6.21 Å². The first kappa shape index (κ1) is 9.13. The Bertz CT molecular complexity index is 407. The van der Waals surface area contributed by atoms with Gasteiger partial charge in [-0.25, -0.2) is 4.39 Å². The molecule has 0 radical (unpaired) electrons. The molecular formula is C12H12FN. The summed E-state index contributed by atoms with van der Waals surface area (Å²) in [5.41, 5.74) is 3.09. The van der Waals surface area contributed by atoms with E-state index in [9.17, 15) is 4.39 Å². The van der Waals surface area contributed by atoms with Gasteiger partial charge >= 0.3 is 0 Å². The highest BCUT2D eigenvalue weighted by molar-refractivity contribution is 5.83. The van der Waals surface area contributed by atoms with E-state index in [2.05, 4.69) is 11.6 Å². The first-order valence-electron chi connectivity index (χ1n) is 4.63. The average Bonchev–Trinajstić information content (AvgIpc) is 2.16. The van der Waals surface area contributed by atoms with Crippen molar-refractivity contribution in [1.82, 2.24) is 0 Å². The summed E-state index contributed by atoms with van der Waals surface area (Å²) in [4.78, 5) is 4.21. The molecule has 0 bridgehead atoms. The summed E-state index contributed by atoms with van der Waals surface area (Å²) >= 11 is 0. The van der Waals surface area contributed by atoms with E-state index in [0.29, 0.717) is 0 Å². The fourth-order valence-electron chi connectivity index (χ4n) is 1.75. The highest BCUT2D eigenvalue weighted by atomic mass is 19.1. The fraction of sp³-hybridized carbons (Fsp3) is 0.250. The van der Waals surface area contributed by atoms with Crippen molar-refractivity contribution in [2.24, 2.45) is 4.99 Å². The maximum Gasteiger partial charge on any atom is 0.123 e. The summed E-state index contributed by atoms with van der Waals surface area (Å²) in [5.74, 6) is 0.0353. The Labute approximate surface area is 83.0 Å². The van der Waals surface area contributed by atoms with Crippen molar-refractivity contribution < 1.29 is 4.39 Å². The Morgan fingerprint density at radius 3 is 3.07 bits per heavy atom. The van der Waals surface area contributed by atoms with E-state index in [0.717, 1.165) is 23.2 Å². The second kappa shape index (κ2) is 3.37. The Kier molecular flexibility index (Phi) is 2.20. The topological polar surface area (TPSA) is 12.4 Å². The lowest BCUT2D eigenvalue weighted by Crippen LogP contribution is -2.12. The molecule has 0 saturated heterocycles. The lowest BCUT2D eigenvalue weighted by Gasteiger charge is -2.21. The van der Waals surface area contributed by atoms with Crippen molar-refractivity contribution in [2.75, 3.05) is 6.54 Å². The first-order chi connectivity index (χ1) is 6.68. The number of aliphatic imine (C=N–C) groups is 1. The van der Waals surface area contributed by atoms with Gasteiger partial charge in [0, 0.05) is 18.7 Å². The number of halogens is 1. The monoisotopic (exact) mass is 189 g/mol. The van der Waals surface area contributed by atoms with Crippen LogP contribution in [0.4, 0.5) is 4.39 Å². The number of hydrogen-bond donors (Lipinski definition) is 0. The minimum atomic E-state index is -0.211. The third-order valence-corrected chi connectivity index (χ3v) is 2.54. The second-order valence-corrected chi connectivity index (χ2v) is 3.67. The van der Waals surface area contributed by atoms with Crippen molar-refractivity contribution >= 4 is 6.21 Å². The SMILES string of the molecule is C=C(C)C1CN=Cc2cc(F)ccc21. The summed E-state index contributed by atoms with van der Waals surface area (Å²) in [7, 11) is 0. The van der Waals surface area contributed by atoms with Gasteiger partial charge in [0.1, 0.15) is 5.82 Å². The zero-order chi connectivity index (χ0) is 10.1. The van der Waals surface area contributed by atoms with Gasteiger partial charge in [-0.1, -0.05) is 18.2 Å². The van der Waals surface area contributed by atoms with E-state index in [4.69, 9.17) is 0 Å². The van der Waals surface area contributed by atoms with Crippen molar-refractivity contribution in [2.45, 2.75) is 12.8 Å². The Balaban J connectivity index is 2.51. The highest BCUT2D eigenvalue weighted by Gasteiger charge is 2.18.